The maximum Gasteiger partial charge on any atom is 0.243 e. The predicted molar refractivity (Wildman–Crippen MR) is 87.1 cm³/mol. The van der Waals surface area contributed by atoms with Crippen molar-refractivity contribution in [2.45, 2.75) is 44.9 Å². The second-order valence-corrected chi connectivity index (χ2v) is 8.86. The highest BCUT2D eigenvalue weighted by Gasteiger charge is 2.27. The van der Waals surface area contributed by atoms with E-state index in [0.717, 1.165) is 12.8 Å². The van der Waals surface area contributed by atoms with Gasteiger partial charge in [-0.2, -0.15) is 4.31 Å². The summed E-state index contributed by atoms with van der Waals surface area (Å²) >= 11 is 0. The van der Waals surface area contributed by atoms with E-state index in [0.29, 0.717) is 25.2 Å². The molecular formula is C16H24N2O3S. The summed E-state index contributed by atoms with van der Waals surface area (Å²) in [4.78, 5) is 12.2. The molecule has 0 spiro atoms. The summed E-state index contributed by atoms with van der Waals surface area (Å²) in [6.07, 6.45) is 2.19. The molecule has 1 fully saturated rings. The Morgan fingerprint density at radius 3 is 2.45 bits per heavy atom. The number of sulfonamides is 1. The molecule has 0 radical (unpaired) electrons. The number of carbonyl (C=O) groups excluding carboxylic acids is 1. The Kier molecular flexibility index (Phi) is 4.92. The summed E-state index contributed by atoms with van der Waals surface area (Å²) in [5, 5.41) is 2.78. The number of anilines is 1. The van der Waals surface area contributed by atoms with Crippen molar-refractivity contribution in [2.24, 2.45) is 5.41 Å². The lowest BCUT2D eigenvalue weighted by Gasteiger charge is -2.18. The topological polar surface area (TPSA) is 66.5 Å². The van der Waals surface area contributed by atoms with E-state index in [1.54, 1.807) is 18.2 Å². The molecule has 5 nitrogen and oxygen atoms in total. The third kappa shape index (κ3) is 4.30. The Labute approximate surface area is 132 Å². The van der Waals surface area contributed by atoms with Gasteiger partial charge in [-0.3, -0.25) is 4.79 Å². The molecule has 1 aromatic rings. The maximum atomic E-state index is 12.5. The zero-order valence-corrected chi connectivity index (χ0v) is 14.2. The molecule has 1 heterocycles. The van der Waals surface area contributed by atoms with Gasteiger partial charge in [0, 0.05) is 25.2 Å². The Balaban J connectivity index is 2.15. The summed E-state index contributed by atoms with van der Waals surface area (Å²) in [6, 6.07) is 6.49. The lowest BCUT2D eigenvalue weighted by Crippen LogP contribution is -2.28. The fourth-order valence-corrected chi connectivity index (χ4v) is 4.06. The minimum atomic E-state index is -3.45. The molecule has 0 unspecified atom stereocenters. The van der Waals surface area contributed by atoms with Crippen LogP contribution in [0.4, 0.5) is 5.69 Å². The summed E-state index contributed by atoms with van der Waals surface area (Å²) < 4.78 is 26.5. The summed E-state index contributed by atoms with van der Waals surface area (Å²) in [5.41, 5.74) is 0.415. The SMILES string of the molecule is CC(C)(C)CC(=O)Nc1cccc(S(=O)(=O)N2CCCC2)c1. The Hall–Kier alpha value is -1.40. The first-order valence-electron chi connectivity index (χ1n) is 7.59. The molecule has 0 bridgehead atoms. The van der Waals surface area contributed by atoms with Crippen molar-refractivity contribution in [1.29, 1.82) is 0 Å². The first kappa shape index (κ1) is 17.0. The summed E-state index contributed by atoms with van der Waals surface area (Å²) in [7, 11) is -3.45. The van der Waals surface area contributed by atoms with Crippen molar-refractivity contribution in [2.75, 3.05) is 18.4 Å². The van der Waals surface area contributed by atoms with E-state index in [1.165, 1.54) is 10.4 Å². The van der Waals surface area contributed by atoms with Gasteiger partial charge in [-0.05, 0) is 36.5 Å². The highest BCUT2D eigenvalue weighted by atomic mass is 32.2. The van der Waals surface area contributed by atoms with Crippen LogP contribution >= 0.6 is 0 Å². The highest BCUT2D eigenvalue weighted by molar-refractivity contribution is 7.89. The van der Waals surface area contributed by atoms with E-state index < -0.39 is 10.0 Å². The van der Waals surface area contributed by atoms with Crippen LogP contribution in [0.15, 0.2) is 29.2 Å². The molecular weight excluding hydrogens is 300 g/mol. The smallest absolute Gasteiger partial charge is 0.243 e. The van der Waals surface area contributed by atoms with Crippen LogP contribution < -0.4 is 5.32 Å². The van der Waals surface area contributed by atoms with Crippen molar-refractivity contribution in [3.05, 3.63) is 24.3 Å². The molecule has 0 aliphatic carbocycles. The highest BCUT2D eigenvalue weighted by Crippen LogP contribution is 2.24. The van der Waals surface area contributed by atoms with E-state index >= 15 is 0 Å². The van der Waals surface area contributed by atoms with Crippen molar-refractivity contribution in [3.63, 3.8) is 0 Å². The van der Waals surface area contributed by atoms with E-state index in [1.807, 2.05) is 20.8 Å². The van der Waals surface area contributed by atoms with Gasteiger partial charge >= 0.3 is 0 Å². The van der Waals surface area contributed by atoms with Gasteiger partial charge < -0.3 is 5.32 Å². The minimum Gasteiger partial charge on any atom is -0.326 e. The van der Waals surface area contributed by atoms with Gasteiger partial charge in [0.2, 0.25) is 15.9 Å². The van der Waals surface area contributed by atoms with Crippen LogP contribution in [0.1, 0.15) is 40.0 Å². The molecule has 1 aromatic carbocycles. The Morgan fingerprint density at radius 2 is 1.86 bits per heavy atom. The van der Waals surface area contributed by atoms with Crippen molar-refractivity contribution in [1.82, 2.24) is 4.31 Å². The van der Waals surface area contributed by atoms with E-state index in [-0.39, 0.29) is 16.2 Å². The van der Waals surface area contributed by atoms with Crippen LogP contribution in [-0.4, -0.2) is 31.7 Å². The summed E-state index contributed by atoms with van der Waals surface area (Å²) in [6.45, 7) is 7.11. The fourth-order valence-electron chi connectivity index (χ4n) is 2.50. The molecule has 1 saturated heterocycles. The Bertz CT molecular complexity index is 642. The molecule has 1 amide bonds. The average Bonchev–Trinajstić information content (AvgIpc) is 2.91. The molecule has 122 valence electrons. The zero-order chi connectivity index (χ0) is 16.4. The van der Waals surface area contributed by atoms with E-state index in [9.17, 15) is 13.2 Å². The quantitative estimate of drug-likeness (QED) is 0.926. The first-order chi connectivity index (χ1) is 10.2. The molecule has 0 saturated carbocycles. The fraction of sp³-hybridized carbons (Fsp3) is 0.562. The monoisotopic (exact) mass is 324 g/mol. The normalized spacial score (nSPS) is 16.7. The lowest BCUT2D eigenvalue weighted by molar-refractivity contribution is -0.117. The lowest BCUT2D eigenvalue weighted by atomic mass is 9.92. The number of rotatable bonds is 4. The van der Waals surface area contributed by atoms with Crippen LogP contribution in [0.5, 0.6) is 0 Å². The van der Waals surface area contributed by atoms with Gasteiger partial charge in [-0.15, -0.1) is 0 Å². The number of hydrogen-bond acceptors (Lipinski definition) is 3. The Morgan fingerprint density at radius 1 is 1.23 bits per heavy atom. The number of nitrogens with zero attached hydrogens (tertiary/aromatic N) is 1. The molecule has 1 aliphatic rings. The number of hydrogen-bond donors (Lipinski definition) is 1. The molecule has 0 aromatic heterocycles. The molecule has 22 heavy (non-hydrogen) atoms. The average molecular weight is 324 g/mol. The van der Waals surface area contributed by atoms with Crippen LogP contribution in [-0.2, 0) is 14.8 Å². The number of benzene rings is 1. The first-order valence-corrected chi connectivity index (χ1v) is 9.03. The largest absolute Gasteiger partial charge is 0.326 e. The van der Waals surface area contributed by atoms with Crippen LogP contribution in [0.3, 0.4) is 0 Å². The van der Waals surface area contributed by atoms with Gasteiger partial charge in [-0.25, -0.2) is 8.42 Å². The molecule has 2 rings (SSSR count). The van der Waals surface area contributed by atoms with Gasteiger partial charge in [0.25, 0.3) is 0 Å². The van der Waals surface area contributed by atoms with Gasteiger partial charge in [-0.1, -0.05) is 26.8 Å². The molecule has 0 atom stereocenters. The van der Waals surface area contributed by atoms with Crippen LogP contribution in [0.2, 0.25) is 0 Å². The third-order valence-corrected chi connectivity index (χ3v) is 5.41. The van der Waals surface area contributed by atoms with E-state index in [2.05, 4.69) is 5.32 Å². The van der Waals surface area contributed by atoms with Crippen molar-refractivity contribution in [3.8, 4) is 0 Å². The summed E-state index contributed by atoms with van der Waals surface area (Å²) in [5.74, 6) is -0.108. The second kappa shape index (κ2) is 6.38. The third-order valence-electron chi connectivity index (χ3n) is 3.51. The van der Waals surface area contributed by atoms with Gasteiger partial charge in [0.15, 0.2) is 0 Å². The van der Waals surface area contributed by atoms with E-state index in [4.69, 9.17) is 0 Å². The van der Waals surface area contributed by atoms with Crippen molar-refractivity contribution >= 4 is 21.6 Å². The standard InChI is InChI=1S/C16H24N2O3S/c1-16(2,3)12-15(19)17-13-7-6-8-14(11-13)22(20,21)18-9-4-5-10-18/h6-8,11H,4-5,9-10,12H2,1-3H3,(H,17,19). The maximum absolute atomic E-state index is 12.5. The number of nitrogens with one attached hydrogen (secondary N) is 1. The number of amides is 1. The van der Waals surface area contributed by atoms with Crippen LogP contribution in [0, 0.1) is 5.41 Å². The van der Waals surface area contributed by atoms with Crippen LogP contribution in [0.25, 0.3) is 0 Å². The minimum absolute atomic E-state index is 0.108. The van der Waals surface area contributed by atoms with Crippen molar-refractivity contribution < 1.29 is 13.2 Å². The van der Waals surface area contributed by atoms with Gasteiger partial charge in [0.05, 0.1) is 4.90 Å². The van der Waals surface area contributed by atoms with Gasteiger partial charge in [0.1, 0.15) is 0 Å². The second-order valence-electron chi connectivity index (χ2n) is 6.92. The molecule has 1 aliphatic heterocycles. The molecule has 6 heteroatoms. The zero-order valence-electron chi connectivity index (χ0n) is 13.4. The number of carbonyl (C=O) groups is 1. The predicted octanol–water partition coefficient (Wildman–Crippen LogP) is 2.85. The molecule has 1 N–H and O–H groups in total.